The van der Waals surface area contributed by atoms with Gasteiger partial charge in [0.05, 0.1) is 6.54 Å². The van der Waals surface area contributed by atoms with E-state index in [2.05, 4.69) is 15.5 Å². The molecule has 3 rings (SSSR count). The molecule has 7 nitrogen and oxygen atoms in total. The third kappa shape index (κ3) is 2.80. The van der Waals surface area contributed by atoms with Crippen molar-refractivity contribution in [1.82, 2.24) is 4.90 Å². The minimum absolute atomic E-state index is 0.00362. The zero-order valence-corrected chi connectivity index (χ0v) is 12.6. The van der Waals surface area contributed by atoms with Gasteiger partial charge >= 0.3 is 0 Å². The first-order valence-electron chi connectivity index (χ1n) is 7.17. The zero-order chi connectivity index (χ0) is 16.4. The predicted octanol–water partition coefficient (Wildman–Crippen LogP) is 1.19. The number of allylic oxidation sites excluding steroid dienone is 2. The Labute approximate surface area is 133 Å². The number of rotatable bonds is 3. The maximum absolute atomic E-state index is 12.6. The van der Waals surface area contributed by atoms with Crippen molar-refractivity contribution in [2.75, 3.05) is 11.9 Å². The molecule has 0 bridgehead atoms. The molecule has 1 unspecified atom stereocenters. The van der Waals surface area contributed by atoms with Crippen LogP contribution in [0.25, 0.3) is 0 Å². The third-order valence-electron chi connectivity index (χ3n) is 3.83. The van der Waals surface area contributed by atoms with Gasteiger partial charge in [-0.05, 0) is 30.7 Å². The molecule has 0 radical (unpaired) electrons. The van der Waals surface area contributed by atoms with Crippen LogP contribution in [-0.2, 0) is 4.79 Å². The number of carbonyl (C=O) groups excluding carboxylic acids is 1. The Morgan fingerprint density at radius 2 is 2.30 bits per heavy atom. The van der Waals surface area contributed by atoms with Crippen molar-refractivity contribution < 1.29 is 10.0 Å². The van der Waals surface area contributed by atoms with Crippen molar-refractivity contribution in [1.29, 1.82) is 0 Å². The lowest BCUT2D eigenvalue weighted by molar-refractivity contribution is -0.118. The fourth-order valence-electron chi connectivity index (χ4n) is 2.51. The summed E-state index contributed by atoms with van der Waals surface area (Å²) in [5.41, 5.74) is 7.66. The molecular weight excluding hydrogens is 294 g/mol. The van der Waals surface area contributed by atoms with Gasteiger partial charge in [-0.25, -0.2) is 0 Å². The second kappa shape index (κ2) is 5.96. The number of fused-ring (bicyclic) bond motifs is 1. The lowest BCUT2D eigenvalue weighted by atomic mass is 10.1. The van der Waals surface area contributed by atoms with Crippen molar-refractivity contribution in [3.05, 3.63) is 53.8 Å². The number of oxime groups is 1. The van der Waals surface area contributed by atoms with E-state index in [1.807, 2.05) is 42.3 Å². The molecule has 0 saturated heterocycles. The number of carbonyl (C=O) groups is 1. The van der Waals surface area contributed by atoms with Crippen LogP contribution in [0.5, 0.6) is 0 Å². The van der Waals surface area contributed by atoms with Crippen molar-refractivity contribution >= 4 is 23.3 Å². The van der Waals surface area contributed by atoms with Crippen LogP contribution in [0.2, 0.25) is 0 Å². The molecule has 118 valence electrons. The monoisotopic (exact) mass is 311 g/mol. The summed E-state index contributed by atoms with van der Waals surface area (Å²) in [6.07, 6.45) is 7.47. The third-order valence-corrected chi connectivity index (χ3v) is 3.83. The summed E-state index contributed by atoms with van der Waals surface area (Å²) in [6.45, 7) is 2.29. The summed E-state index contributed by atoms with van der Waals surface area (Å²) >= 11 is 0. The maximum atomic E-state index is 12.6. The molecule has 0 fully saturated rings. The summed E-state index contributed by atoms with van der Waals surface area (Å²) in [7, 11) is 0. The number of hydrogen-bond donors (Lipinski definition) is 3. The number of hydrogen-bond acceptors (Lipinski definition) is 5. The fraction of sp³-hybridized carbons (Fsp3) is 0.188. The summed E-state index contributed by atoms with van der Waals surface area (Å²) in [4.78, 5) is 18.8. The van der Waals surface area contributed by atoms with Gasteiger partial charge in [0, 0.05) is 17.5 Å². The molecule has 1 aromatic carbocycles. The van der Waals surface area contributed by atoms with Gasteiger partial charge in [0.2, 0.25) is 5.91 Å². The van der Waals surface area contributed by atoms with Crippen molar-refractivity contribution in [3.8, 4) is 0 Å². The molecule has 4 N–H and O–H groups in total. The van der Waals surface area contributed by atoms with Crippen molar-refractivity contribution in [2.24, 2.45) is 15.9 Å². The number of amides is 1. The number of anilines is 1. The molecule has 2 aliphatic heterocycles. The first kappa shape index (κ1) is 14.8. The van der Waals surface area contributed by atoms with Crippen LogP contribution >= 0.6 is 0 Å². The number of aryl methyl sites for hydroxylation is 1. The molecule has 0 aliphatic carbocycles. The Morgan fingerprint density at radius 3 is 3.09 bits per heavy atom. The highest BCUT2D eigenvalue weighted by molar-refractivity contribution is 6.05. The lowest BCUT2D eigenvalue weighted by Crippen LogP contribution is -2.41. The fourth-order valence-corrected chi connectivity index (χ4v) is 2.51. The van der Waals surface area contributed by atoms with E-state index in [1.54, 1.807) is 12.1 Å². The van der Waals surface area contributed by atoms with Gasteiger partial charge in [-0.2, -0.15) is 0 Å². The molecule has 0 saturated carbocycles. The number of aliphatic imine (C=N–C) groups is 1. The average molecular weight is 311 g/mol. The molecule has 0 aromatic heterocycles. The minimum atomic E-state index is -0.377. The van der Waals surface area contributed by atoms with Crippen molar-refractivity contribution in [2.45, 2.75) is 13.0 Å². The van der Waals surface area contributed by atoms with Gasteiger partial charge < -0.3 is 21.2 Å². The van der Waals surface area contributed by atoms with Crippen LogP contribution in [0.15, 0.2) is 52.8 Å². The highest BCUT2D eigenvalue weighted by atomic mass is 16.4. The van der Waals surface area contributed by atoms with E-state index in [0.717, 1.165) is 11.4 Å². The molecule has 1 atom stereocenters. The molecule has 23 heavy (non-hydrogen) atoms. The largest absolute Gasteiger partial charge is 0.409 e. The van der Waals surface area contributed by atoms with Gasteiger partial charge in [0.15, 0.2) is 5.84 Å². The van der Waals surface area contributed by atoms with E-state index in [0.29, 0.717) is 17.8 Å². The first-order valence-corrected chi connectivity index (χ1v) is 7.17. The van der Waals surface area contributed by atoms with Crippen molar-refractivity contribution in [3.63, 3.8) is 0 Å². The summed E-state index contributed by atoms with van der Waals surface area (Å²) in [6, 6.07) is 4.85. The number of nitrogens with zero attached hydrogens (tertiary/aromatic N) is 3. The van der Waals surface area contributed by atoms with Crippen LogP contribution in [0.4, 0.5) is 5.69 Å². The highest BCUT2D eigenvalue weighted by Gasteiger charge is 2.31. The smallest absolute Gasteiger partial charge is 0.249 e. The Hall–Kier alpha value is -3.09. The maximum Gasteiger partial charge on any atom is 0.249 e. The van der Waals surface area contributed by atoms with Gasteiger partial charge in [-0.15, -0.1) is 0 Å². The van der Waals surface area contributed by atoms with Crippen LogP contribution in [0, 0.1) is 6.92 Å². The van der Waals surface area contributed by atoms with Crippen LogP contribution in [0.3, 0.4) is 0 Å². The van der Waals surface area contributed by atoms with Crippen LogP contribution < -0.4 is 11.1 Å². The average Bonchev–Trinajstić information content (AvgIpc) is 3.00. The number of benzene rings is 1. The second-order valence-corrected chi connectivity index (χ2v) is 5.33. The van der Waals surface area contributed by atoms with Gasteiger partial charge in [0.25, 0.3) is 0 Å². The van der Waals surface area contributed by atoms with Gasteiger partial charge in [-0.1, -0.05) is 23.4 Å². The van der Waals surface area contributed by atoms with E-state index in [4.69, 9.17) is 10.9 Å². The molecule has 1 aromatic rings. The molecule has 7 heteroatoms. The molecule has 1 amide bonds. The van der Waals surface area contributed by atoms with Gasteiger partial charge in [0.1, 0.15) is 11.9 Å². The van der Waals surface area contributed by atoms with E-state index in [9.17, 15) is 4.79 Å². The van der Waals surface area contributed by atoms with E-state index < -0.39 is 0 Å². The lowest BCUT2D eigenvalue weighted by Gasteiger charge is -2.24. The van der Waals surface area contributed by atoms with E-state index in [-0.39, 0.29) is 17.8 Å². The summed E-state index contributed by atoms with van der Waals surface area (Å²) < 4.78 is 0. The summed E-state index contributed by atoms with van der Waals surface area (Å²) in [5, 5.41) is 14.7. The predicted molar refractivity (Wildman–Crippen MR) is 88.5 cm³/mol. The van der Waals surface area contributed by atoms with Crippen LogP contribution in [-0.4, -0.2) is 40.3 Å². The standard InChI is InChI=1S/C16H17N5O2/c1-10-5-6-11(15(17)20-23)8-12(10)19-16(22)13-9-18-14-4-2-3-7-21(13)14/h2-8,13,23H,9H2,1H3,(H2,17,20)(H,19,22). The Balaban J connectivity index is 1.79. The number of nitrogens with two attached hydrogens (primary N) is 1. The Kier molecular flexibility index (Phi) is 3.84. The molecular formula is C16H17N5O2. The molecule has 0 spiro atoms. The van der Waals surface area contributed by atoms with E-state index in [1.165, 1.54) is 0 Å². The normalized spacial score (nSPS) is 19.5. The molecule has 2 heterocycles. The quantitative estimate of drug-likeness (QED) is 0.338. The number of nitrogens with one attached hydrogen (secondary N) is 1. The minimum Gasteiger partial charge on any atom is -0.409 e. The highest BCUT2D eigenvalue weighted by Crippen LogP contribution is 2.20. The Bertz CT molecular complexity index is 764. The SMILES string of the molecule is Cc1ccc(/C(N)=N/O)cc1NC(=O)C1CN=C2C=CC=CN21. The summed E-state index contributed by atoms with van der Waals surface area (Å²) in [5.74, 6) is 0.634. The zero-order valence-electron chi connectivity index (χ0n) is 12.6. The number of amidine groups is 2. The van der Waals surface area contributed by atoms with Crippen LogP contribution in [0.1, 0.15) is 11.1 Å². The van der Waals surface area contributed by atoms with Gasteiger partial charge in [-0.3, -0.25) is 9.79 Å². The van der Waals surface area contributed by atoms with E-state index >= 15 is 0 Å². The Morgan fingerprint density at radius 1 is 1.48 bits per heavy atom. The topological polar surface area (TPSA) is 103 Å². The molecule has 2 aliphatic rings. The first-order chi connectivity index (χ1) is 11.1. The second-order valence-electron chi connectivity index (χ2n) is 5.33.